The molecule has 1 fully saturated rings. The number of nitrogens with one attached hydrogen (secondary N) is 1. The van der Waals surface area contributed by atoms with Crippen molar-refractivity contribution in [2.75, 3.05) is 18.0 Å². The Kier molecular flexibility index (Phi) is 4.18. The van der Waals surface area contributed by atoms with Crippen molar-refractivity contribution in [1.82, 2.24) is 5.32 Å². The molecule has 2 unspecified atom stereocenters. The van der Waals surface area contributed by atoms with Crippen LogP contribution in [0.1, 0.15) is 24.1 Å². The zero-order valence-corrected chi connectivity index (χ0v) is 13.3. The van der Waals surface area contributed by atoms with Gasteiger partial charge >= 0.3 is 0 Å². The topological polar surface area (TPSA) is 15.3 Å². The smallest absolute Gasteiger partial charge is 0.0667 e. The molecule has 2 aromatic carbocycles. The maximum Gasteiger partial charge on any atom is 0.0667 e. The molecule has 0 amide bonds. The first-order chi connectivity index (χ1) is 10.2. The number of hydrogen-bond donors (Lipinski definition) is 1. The molecule has 1 aliphatic rings. The summed E-state index contributed by atoms with van der Waals surface area (Å²) in [7, 11) is 0. The summed E-state index contributed by atoms with van der Waals surface area (Å²) in [5.74, 6) is 0. The monoisotopic (exact) mass is 300 g/mol. The predicted molar refractivity (Wildman–Crippen MR) is 90.2 cm³/mol. The summed E-state index contributed by atoms with van der Waals surface area (Å²) in [6.45, 7) is 6.28. The first kappa shape index (κ1) is 14.4. The van der Waals surface area contributed by atoms with Crippen molar-refractivity contribution >= 4 is 17.3 Å². The van der Waals surface area contributed by atoms with Crippen molar-refractivity contribution in [1.29, 1.82) is 0 Å². The lowest BCUT2D eigenvalue weighted by molar-refractivity contribution is 0.416. The lowest BCUT2D eigenvalue weighted by Crippen LogP contribution is -2.51. The van der Waals surface area contributed by atoms with Crippen LogP contribution in [0.2, 0.25) is 5.02 Å². The molecule has 0 aromatic heterocycles. The van der Waals surface area contributed by atoms with E-state index in [9.17, 15) is 0 Å². The third-order valence-corrected chi connectivity index (χ3v) is 4.65. The van der Waals surface area contributed by atoms with Gasteiger partial charge in [-0.05, 0) is 37.1 Å². The molecule has 0 spiro atoms. The Morgan fingerprint density at radius 3 is 2.62 bits per heavy atom. The van der Waals surface area contributed by atoms with E-state index in [1.807, 2.05) is 12.1 Å². The highest BCUT2D eigenvalue weighted by Crippen LogP contribution is 2.34. The van der Waals surface area contributed by atoms with Crippen LogP contribution in [0.5, 0.6) is 0 Å². The number of halogens is 1. The lowest BCUT2D eigenvalue weighted by atomic mass is 9.99. The second kappa shape index (κ2) is 6.08. The van der Waals surface area contributed by atoms with Gasteiger partial charge in [0.1, 0.15) is 0 Å². The number of anilines is 1. The van der Waals surface area contributed by atoms with Gasteiger partial charge in [-0.3, -0.25) is 0 Å². The molecule has 1 aliphatic heterocycles. The zero-order chi connectivity index (χ0) is 14.8. The van der Waals surface area contributed by atoms with E-state index in [2.05, 4.69) is 60.5 Å². The molecule has 2 aromatic rings. The molecule has 21 heavy (non-hydrogen) atoms. The summed E-state index contributed by atoms with van der Waals surface area (Å²) < 4.78 is 0. The second-order valence-electron chi connectivity index (χ2n) is 5.77. The maximum atomic E-state index is 6.32. The molecule has 2 atom stereocenters. The third kappa shape index (κ3) is 2.92. The van der Waals surface area contributed by atoms with Crippen molar-refractivity contribution in [3.05, 3.63) is 64.7 Å². The Morgan fingerprint density at radius 2 is 1.86 bits per heavy atom. The minimum absolute atomic E-state index is 0.347. The van der Waals surface area contributed by atoms with E-state index in [1.165, 1.54) is 11.3 Å². The Morgan fingerprint density at radius 1 is 1.10 bits per heavy atom. The molecular formula is C18H21ClN2. The van der Waals surface area contributed by atoms with Crippen molar-refractivity contribution in [3.8, 4) is 0 Å². The molecule has 2 nitrogen and oxygen atoms in total. The van der Waals surface area contributed by atoms with Gasteiger partial charge in [-0.15, -0.1) is 0 Å². The normalized spacial score (nSPS) is 22.3. The molecule has 1 heterocycles. The van der Waals surface area contributed by atoms with Crippen LogP contribution in [0.25, 0.3) is 0 Å². The third-order valence-electron chi connectivity index (χ3n) is 4.24. The number of piperazine rings is 1. The van der Waals surface area contributed by atoms with Crippen LogP contribution >= 0.6 is 11.6 Å². The Labute approximate surface area is 131 Å². The molecule has 0 bridgehead atoms. The highest BCUT2D eigenvalue weighted by Gasteiger charge is 2.28. The number of nitrogens with zero attached hydrogens (tertiary/aromatic N) is 1. The van der Waals surface area contributed by atoms with Crippen LogP contribution in [0.3, 0.4) is 0 Å². The molecule has 110 valence electrons. The number of benzene rings is 2. The summed E-state index contributed by atoms with van der Waals surface area (Å²) in [6.07, 6.45) is 0. The standard InChI is InChI=1S/C18H21ClN2/c1-13-12-21(17-10-6-9-16(19)14(17)2)18(11-20-13)15-7-4-3-5-8-15/h3-10,13,18,20H,11-12H2,1-2H3. The van der Waals surface area contributed by atoms with Gasteiger partial charge in [-0.2, -0.15) is 0 Å². The first-order valence-electron chi connectivity index (χ1n) is 7.47. The van der Waals surface area contributed by atoms with Gasteiger partial charge in [0.2, 0.25) is 0 Å². The van der Waals surface area contributed by atoms with E-state index in [0.29, 0.717) is 12.1 Å². The van der Waals surface area contributed by atoms with Crippen molar-refractivity contribution in [2.24, 2.45) is 0 Å². The van der Waals surface area contributed by atoms with Crippen LogP contribution in [0.4, 0.5) is 5.69 Å². The van der Waals surface area contributed by atoms with Gasteiger partial charge in [0.25, 0.3) is 0 Å². The molecular weight excluding hydrogens is 280 g/mol. The first-order valence-corrected chi connectivity index (χ1v) is 7.84. The molecule has 3 rings (SSSR count). The van der Waals surface area contributed by atoms with Crippen molar-refractivity contribution in [2.45, 2.75) is 25.9 Å². The second-order valence-corrected chi connectivity index (χ2v) is 6.18. The average molecular weight is 301 g/mol. The fraction of sp³-hybridized carbons (Fsp3) is 0.333. The Hall–Kier alpha value is -1.51. The zero-order valence-electron chi connectivity index (χ0n) is 12.5. The Bertz CT molecular complexity index is 612. The van der Waals surface area contributed by atoms with Gasteiger partial charge in [0.15, 0.2) is 0 Å². The van der Waals surface area contributed by atoms with Crippen molar-refractivity contribution in [3.63, 3.8) is 0 Å². The molecule has 3 heteroatoms. The van der Waals surface area contributed by atoms with E-state index >= 15 is 0 Å². The van der Waals surface area contributed by atoms with Gasteiger partial charge in [-0.25, -0.2) is 0 Å². The van der Waals surface area contributed by atoms with Crippen LogP contribution in [0, 0.1) is 6.92 Å². The summed E-state index contributed by atoms with van der Waals surface area (Å²) in [5, 5.41) is 4.43. The van der Waals surface area contributed by atoms with Gasteiger partial charge in [-0.1, -0.05) is 48.0 Å². The minimum Gasteiger partial charge on any atom is -0.361 e. The van der Waals surface area contributed by atoms with Gasteiger partial charge in [0.05, 0.1) is 6.04 Å². The number of rotatable bonds is 2. The SMILES string of the molecule is Cc1c(Cl)cccc1N1CC(C)NCC1c1ccccc1. The minimum atomic E-state index is 0.347. The van der Waals surface area contributed by atoms with E-state index < -0.39 is 0 Å². The summed E-state index contributed by atoms with van der Waals surface area (Å²) in [5.41, 5.74) is 3.75. The summed E-state index contributed by atoms with van der Waals surface area (Å²) >= 11 is 6.32. The highest BCUT2D eigenvalue weighted by molar-refractivity contribution is 6.31. The van der Waals surface area contributed by atoms with E-state index in [1.54, 1.807) is 0 Å². The largest absolute Gasteiger partial charge is 0.361 e. The highest BCUT2D eigenvalue weighted by atomic mass is 35.5. The molecule has 1 N–H and O–H groups in total. The average Bonchev–Trinajstić information content (AvgIpc) is 2.51. The molecule has 1 saturated heterocycles. The molecule has 0 radical (unpaired) electrons. The molecule has 0 aliphatic carbocycles. The predicted octanol–water partition coefficient (Wildman–Crippen LogP) is 4.19. The lowest BCUT2D eigenvalue weighted by Gasteiger charge is -2.42. The van der Waals surface area contributed by atoms with E-state index in [-0.39, 0.29) is 0 Å². The fourth-order valence-corrected chi connectivity index (χ4v) is 3.23. The maximum absolute atomic E-state index is 6.32. The van der Waals surface area contributed by atoms with E-state index in [4.69, 9.17) is 11.6 Å². The van der Waals surface area contributed by atoms with Crippen molar-refractivity contribution < 1.29 is 0 Å². The van der Waals surface area contributed by atoms with E-state index in [0.717, 1.165) is 23.7 Å². The van der Waals surface area contributed by atoms with Gasteiger partial charge < -0.3 is 10.2 Å². The van der Waals surface area contributed by atoms with Crippen LogP contribution in [0.15, 0.2) is 48.5 Å². The fourth-order valence-electron chi connectivity index (χ4n) is 3.06. The number of hydrogen-bond acceptors (Lipinski definition) is 2. The summed E-state index contributed by atoms with van der Waals surface area (Å²) in [6, 6.07) is 17.7. The van der Waals surface area contributed by atoms with Crippen LogP contribution in [-0.2, 0) is 0 Å². The van der Waals surface area contributed by atoms with Gasteiger partial charge in [0, 0.05) is 29.8 Å². The Balaban J connectivity index is 2.01. The molecule has 0 saturated carbocycles. The summed E-state index contributed by atoms with van der Waals surface area (Å²) in [4.78, 5) is 2.48. The van der Waals surface area contributed by atoms with Crippen LogP contribution in [-0.4, -0.2) is 19.1 Å². The quantitative estimate of drug-likeness (QED) is 0.895. The van der Waals surface area contributed by atoms with Crippen LogP contribution < -0.4 is 10.2 Å².